The van der Waals surface area contributed by atoms with E-state index in [0.717, 1.165) is 12.1 Å². The van der Waals surface area contributed by atoms with Crippen LogP contribution in [0.5, 0.6) is 5.75 Å². The molecule has 0 spiro atoms. The van der Waals surface area contributed by atoms with Crippen molar-refractivity contribution in [1.82, 2.24) is 0 Å². The normalized spacial score (nSPS) is 10.1. The number of ether oxygens (including phenoxy) is 1. The van der Waals surface area contributed by atoms with Gasteiger partial charge in [0, 0.05) is 18.3 Å². The van der Waals surface area contributed by atoms with Gasteiger partial charge in [-0.05, 0) is 37.6 Å². The Labute approximate surface area is 146 Å². The second kappa shape index (κ2) is 8.40. The topological polar surface area (TPSA) is 41.6 Å². The Morgan fingerprint density at radius 1 is 1.21 bits per heavy atom. The number of hydrogen-bond donors (Lipinski definition) is 1. The Kier molecular flexibility index (Phi) is 6.26. The van der Waals surface area contributed by atoms with E-state index < -0.39 is 11.9 Å². The van der Waals surface area contributed by atoms with Gasteiger partial charge in [0.2, 0.25) is 0 Å². The molecule has 0 aliphatic rings. The summed E-state index contributed by atoms with van der Waals surface area (Å²) in [6.07, 6.45) is 0.0776. The Hall–Kier alpha value is -2.47. The van der Waals surface area contributed by atoms with Gasteiger partial charge < -0.3 is 10.1 Å². The molecule has 2 aromatic rings. The quantitative estimate of drug-likeness (QED) is 0.774. The maximum atomic E-state index is 13.9. The third-order valence-electron chi connectivity index (χ3n) is 3.32. The number of hydrogen-bond acceptors (Lipinski definition) is 3. The third-order valence-corrected chi connectivity index (χ3v) is 3.71. The van der Waals surface area contributed by atoms with E-state index in [2.05, 4.69) is 5.32 Å². The number of benzene rings is 2. The molecular weight excluding hydrogens is 327 g/mol. The van der Waals surface area contributed by atoms with E-state index >= 15 is 0 Å². The summed E-state index contributed by atoms with van der Waals surface area (Å²) >= 11 is 5.14. The third kappa shape index (κ3) is 4.52. The van der Waals surface area contributed by atoms with E-state index in [1.807, 2.05) is 13.0 Å². The van der Waals surface area contributed by atoms with Crippen molar-refractivity contribution < 1.29 is 13.9 Å². The van der Waals surface area contributed by atoms with E-state index in [0.29, 0.717) is 10.7 Å². The van der Waals surface area contributed by atoms with Gasteiger partial charge in [-0.1, -0.05) is 37.3 Å². The minimum Gasteiger partial charge on any atom is -0.410 e. The van der Waals surface area contributed by atoms with Gasteiger partial charge in [-0.15, -0.1) is 0 Å². The Morgan fingerprint density at radius 2 is 1.96 bits per heavy atom. The lowest BCUT2D eigenvalue weighted by Crippen LogP contribution is -2.34. The second-order valence-electron chi connectivity index (χ2n) is 4.99. The molecule has 1 N–H and O–H groups in total. The molecule has 0 saturated carbocycles. The molecule has 6 heteroatoms. The smallest absolute Gasteiger partial charge is 0.410 e. The number of para-hydroxylation sites is 1. The van der Waals surface area contributed by atoms with Gasteiger partial charge in [0.1, 0.15) is 11.6 Å². The largest absolute Gasteiger partial charge is 0.419 e. The lowest BCUT2D eigenvalue weighted by atomic mass is 10.3. The van der Waals surface area contributed by atoms with Crippen LogP contribution in [-0.4, -0.2) is 17.6 Å². The van der Waals surface area contributed by atoms with Crippen molar-refractivity contribution in [2.75, 3.05) is 16.8 Å². The molecule has 0 bridgehead atoms. The van der Waals surface area contributed by atoms with Crippen molar-refractivity contribution in [1.29, 1.82) is 0 Å². The number of amides is 1. The van der Waals surface area contributed by atoms with Crippen LogP contribution in [0.25, 0.3) is 0 Å². The monoisotopic (exact) mass is 346 g/mol. The number of carbonyl (C=O) groups excluding carboxylic acids is 1. The predicted molar refractivity (Wildman–Crippen MR) is 98.4 cm³/mol. The molecule has 24 heavy (non-hydrogen) atoms. The standard InChI is InChI=1S/C18H19FN2O2S/c1-3-17(24)20-13-8-7-9-14(12-13)23-18(22)21(4-2)16-11-6-5-10-15(16)19/h5-12H,3-4H2,1-2H3,(H,20,24). The summed E-state index contributed by atoms with van der Waals surface area (Å²) in [5, 5.41) is 3.06. The summed E-state index contributed by atoms with van der Waals surface area (Å²) in [5.74, 6) is -0.112. The zero-order valence-corrected chi connectivity index (χ0v) is 14.4. The zero-order valence-electron chi connectivity index (χ0n) is 13.6. The molecule has 2 rings (SSSR count). The zero-order chi connectivity index (χ0) is 17.5. The number of carbonyl (C=O) groups is 1. The van der Waals surface area contributed by atoms with Crippen LogP contribution in [-0.2, 0) is 0 Å². The minimum absolute atomic E-state index is 0.187. The van der Waals surface area contributed by atoms with Gasteiger partial charge in [-0.2, -0.15) is 0 Å². The van der Waals surface area contributed by atoms with Crippen molar-refractivity contribution in [2.45, 2.75) is 20.3 Å². The van der Waals surface area contributed by atoms with Gasteiger partial charge in [0.05, 0.1) is 10.7 Å². The van der Waals surface area contributed by atoms with E-state index in [-0.39, 0.29) is 12.2 Å². The van der Waals surface area contributed by atoms with Crippen LogP contribution in [0.2, 0.25) is 0 Å². The highest BCUT2D eigenvalue weighted by molar-refractivity contribution is 7.80. The van der Waals surface area contributed by atoms with Crippen molar-refractivity contribution in [3.8, 4) is 5.75 Å². The Balaban J connectivity index is 2.15. The molecule has 2 aromatic carbocycles. The molecule has 1 amide bonds. The van der Waals surface area contributed by atoms with E-state index in [1.54, 1.807) is 37.3 Å². The predicted octanol–water partition coefficient (Wildman–Crippen LogP) is 5.00. The highest BCUT2D eigenvalue weighted by Gasteiger charge is 2.19. The van der Waals surface area contributed by atoms with Crippen LogP contribution in [0.1, 0.15) is 20.3 Å². The fourth-order valence-corrected chi connectivity index (χ4v) is 2.23. The molecule has 0 aromatic heterocycles. The van der Waals surface area contributed by atoms with Gasteiger partial charge in [0.15, 0.2) is 0 Å². The molecule has 0 radical (unpaired) electrons. The molecule has 0 aliphatic carbocycles. The van der Waals surface area contributed by atoms with Crippen LogP contribution in [0.3, 0.4) is 0 Å². The van der Waals surface area contributed by atoms with E-state index in [4.69, 9.17) is 17.0 Å². The molecule has 0 unspecified atom stereocenters. The molecule has 0 aliphatic heterocycles. The lowest BCUT2D eigenvalue weighted by Gasteiger charge is -2.21. The number of anilines is 2. The first-order valence-corrected chi connectivity index (χ1v) is 8.09. The van der Waals surface area contributed by atoms with E-state index in [1.165, 1.54) is 17.0 Å². The van der Waals surface area contributed by atoms with Crippen molar-refractivity contribution in [2.24, 2.45) is 0 Å². The molecule has 0 saturated heterocycles. The fraction of sp³-hybridized carbons (Fsp3) is 0.222. The number of rotatable bonds is 5. The number of halogens is 1. The van der Waals surface area contributed by atoms with Gasteiger partial charge in [0.25, 0.3) is 0 Å². The first kappa shape index (κ1) is 17.9. The first-order chi connectivity index (χ1) is 11.5. The highest BCUT2D eigenvalue weighted by Crippen LogP contribution is 2.22. The maximum absolute atomic E-state index is 13.9. The number of thiocarbonyl (C=S) groups is 1. The van der Waals surface area contributed by atoms with Crippen LogP contribution in [0, 0.1) is 5.82 Å². The number of nitrogens with zero attached hydrogens (tertiary/aromatic N) is 1. The van der Waals surface area contributed by atoms with E-state index in [9.17, 15) is 9.18 Å². The molecule has 4 nitrogen and oxygen atoms in total. The summed E-state index contributed by atoms with van der Waals surface area (Å²) in [4.78, 5) is 14.3. The van der Waals surface area contributed by atoms with Crippen molar-refractivity contribution >= 4 is 34.7 Å². The minimum atomic E-state index is -0.641. The van der Waals surface area contributed by atoms with Crippen LogP contribution >= 0.6 is 12.2 Å². The molecule has 0 heterocycles. The summed E-state index contributed by atoms with van der Waals surface area (Å²) in [6, 6.07) is 13.0. The van der Waals surface area contributed by atoms with Crippen LogP contribution in [0.15, 0.2) is 48.5 Å². The fourth-order valence-electron chi connectivity index (χ4n) is 2.11. The summed E-state index contributed by atoms with van der Waals surface area (Å²) in [5.41, 5.74) is 0.924. The Bertz CT molecular complexity index is 736. The van der Waals surface area contributed by atoms with Crippen molar-refractivity contribution in [3.05, 3.63) is 54.3 Å². The van der Waals surface area contributed by atoms with Crippen molar-refractivity contribution in [3.63, 3.8) is 0 Å². The van der Waals surface area contributed by atoms with Gasteiger partial charge in [-0.25, -0.2) is 9.18 Å². The summed E-state index contributed by atoms with van der Waals surface area (Å²) < 4.78 is 19.3. The molecule has 0 atom stereocenters. The van der Waals surface area contributed by atoms with Crippen LogP contribution < -0.4 is 15.0 Å². The van der Waals surface area contributed by atoms with Crippen LogP contribution in [0.4, 0.5) is 20.6 Å². The summed E-state index contributed by atoms with van der Waals surface area (Å²) in [7, 11) is 0. The van der Waals surface area contributed by atoms with Gasteiger partial charge in [-0.3, -0.25) is 4.90 Å². The van der Waals surface area contributed by atoms with Gasteiger partial charge >= 0.3 is 6.09 Å². The molecule has 126 valence electrons. The number of nitrogens with one attached hydrogen (secondary N) is 1. The lowest BCUT2D eigenvalue weighted by molar-refractivity contribution is 0.207. The SMILES string of the molecule is CCC(=S)Nc1cccc(OC(=O)N(CC)c2ccccc2F)c1. The average molecular weight is 346 g/mol. The first-order valence-electron chi connectivity index (χ1n) is 7.69. The molecular formula is C18H19FN2O2S. The molecule has 0 fully saturated rings. The Morgan fingerprint density at radius 3 is 2.62 bits per heavy atom. The second-order valence-corrected chi connectivity index (χ2v) is 5.49. The average Bonchev–Trinajstić information content (AvgIpc) is 2.57. The highest BCUT2D eigenvalue weighted by atomic mass is 32.1. The maximum Gasteiger partial charge on any atom is 0.419 e. The summed E-state index contributed by atoms with van der Waals surface area (Å²) in [6.45, 7) is 4.00.